The van der Waals surface area contributed by atoms with Crippen molar-refractivity contribution in [2.45, 2.75) is 24.9 Å². The lowest BCUT2D eigenvalue weighted by Crippen LogP contribution is -2.55. The van der Waals surface area contributed by atoms with Gasteiger partial charge in [0.25, 0.3) is 5.91 Å². The number of hydrazine groups is 1. The molecule has 14 heteroatoms. The zero-order valence-corrected chi connectivity index (χ0v) is 15.7. The fraction of sp³-hybridized carbons (Fsp3) is 0.333. The monoisotopic (exact) mass is 470 g/mol. The Kier molecular flexibility index (Phi) is 7.77. The number of ketones is 1. The van der Waals surface area contributed by atoms with E-state index in [2.05, 4.69) is 0 Å². The Balaban J connectivity index is 2.66. The van der Waals surface area contributed by atoms with E-state index >= 15 is 0 Å². The molecule has 1 aromatic carbocycles. The van der Waals surface area contributed by atoms with Gasteiger partial charge in [0.05, 0.1) is 5.02 Å². The van der Waals surface area contributed by atoms with Crippen molar-refractivity contribution in [3.05, 3.63) is 40.0 Å². The molecule has 0 fully saturated rings. The van der Waals surface area contributed by atoms with Crippen LogP contribution in [0.2, 0.25) is 10.0 Å². The van der Waals surface area contributed by atoms with E-state index in [1.54, 1.807) is 0 Å². The average molecular weight is 471 g/mol. The third kappa shape index (κ3) is 6.13. The van der Waals surface area contributed by atoms with Gasteiger partial charge in [0.15, 0.2) is 6.61 Å². The minimum atomic E-state index is -6.64. The van der Waals surface area contributed by atoms with Crippen molar-refractivity contribution in [3.8, 4) is 5.75 Å². The first kappa shape index (κ1) is 24.8. The molecular weight excluding hydrogens is 460 g/mol. The molecule has 2 N–H and O–H groups in total. The molecule has 162 valence electrons. The van der Waals surface area contributed by atoms with Crippen molar-refractivity contribution in [2.75, 3.05) is 6.61 Å². The van der Waals surface area contributed by atoms with Crippen molar-refractivity contribution in [3.63, 3.8) is 0 Å². The molecule has 1 rings (SSSR count). The van der Waals surface area contributed by atoms with E-state index in [4.69, 9.17) is 27.9 Å². The van der Waals surface area contributed by atoms with Gasteiger partial charge in [0, 0.05) is 16.8 Å². The summed E-state index contributed by atoms with van der Waals surface area (Å²) in [5.41, 5.74) is 3.09. The molecular formula is C15H11Cl2F7N2O3. The molecule has 1 aromatic rings. The molecule has 0 aliphatic carbocycles. The number of hydrogen-bond donors (Lipinski definition) is 2. The largest absolute Gasteiger partial charge is 0.482 e. The van der Waals surface area contributed by atoms with Crippen LogP contribution in [0.5, 0.6) is 5.75 Å². The van der Waals surface area contributed by atoms with E-state index in [9.17, 15) is 40.3 Å². The van der Waals surface area contributed by atoms with Gasteiger partial charge in [-0.15, -0.1) is 0 Å². The normalized spacial score (nSPS) is 13.1. The van der Waals surface area contributed by atoms with Crippen LogP contribution >= 0.6 is 23.2 Å². The molecule has 29 heavy (non-hydrogen) atoms. The molecule has 0 aromatic heterocycles. The summed E-state index contributed by atoms with van der Waals surface area (Å²) in [6.45, 7) is 0.203. The number of hydrogen-bond acceptors (Lipinski definition) is 4. The van der Waals surface area contributed by atoms with Crippen LogP contribution in [0.15, 0.2) is 30.0 Å². The fourth-order valence-electron chi connectivity index (χ4n) is 1.60. The summed E-state index contributed by atoms with van der Waals surface area (Å²) < 4.78 is 93.2. The van der Waals surface area contributed by atoms with Gasteiger partial charge in [0.1, 0.15) is 5.75 Å². The van der Waals surface area contributed by atoms with Crippen LogP contribution in [-0.2, 0) is 9.59 Å². The van der Waals surface area contributed by atoms with Crippen LogP contribution in [0, 0.1) is 0 Å². The number of ether oxygens (including phenoxy) is 1. The van der Waals surface area contributed by atoms with Gasteiger partial charge in [-0.3, -0.25) is 15.0 Å². The highest BCUT2D eigenvalue weighted by molar-refractivity contribution is 6.35. The summed E-state index contributed by atoms with van der Waals surface area (Å²) in [6, 6.07) is 4.08. The summed E-state index contributed by atoms with van der Waals surface area (Å²) in [7, 11) is 0. The molecule has 0 saturated carbocycles. The van der Waals surface area contributed by atoms with Crippen LogP contribution in [-0.4, -0.2) is 36.3 Å². The van der Waals surface area contributed by atoms with Crippen LogP contribution in [0.4, 0.5) is 30.7 Å². The van der Waals surface area contributed by atoms with Crippen molar-refractivity contribution in [1.82, 2.24) is 10.9 Å². The third-order valence-corrected chi connectivity index (χ3v) is 3.59. The number of allylic oxidation sites excluding steroid dienone is 2. The highest BCUT2D eigenvalue weighted by Crippen LogP contribution is 2.47. The van der Waals surface area contributed by atoms with E-state index < -0.39 is 42.0 Å². The van der Waals surface area contributed by atoms with Gasteiger partial charge in [-0.1, -0.05) is 23.2 Å². The molecule has 0 unspecified atom stereocenters. The highest BCUT2D eigenvalue weighted by atomic mass is 35.5. The number of carbonyl (C=O) groups excluding carboxylic acids is 2. The Morgan fingerprint density at radius 3 is 2.17 bits per heavy atom. The molecule has 0 heterocycles. The second-order valence-electron chi connectivity index (χ2n) is 5.37. The van der Waals surface area contributed by atoms with Gasteiger partial charge in [0.2, 0.25) is 5.78 Å². The minimum Gasteiger partial charge on any atom is -0.482 e. The third-order valence-electron chi connectivity index (χ3n) is 3.06. The minimum absolute atomic E-state index is 0.0719. The van der Waals surface area contributed by atoms with E-state index in [0.717, 1.165) is 6.92 Å². The molecule has 0 aliphatic heterocycles. The standard InChI is InChI=1S/C15H11Cl2F7N2O3/c1-7(4-11(27)13(18,19)14(20,21)15(22,23)24)25-26-12(28)6-29-10-3-2-8(16)5-9(10)17/h2-5,25H,6H2,1H3,(H,26,28)/b7-4+. The average Bonchev–Trinajstić information content (AvgIpc) is 2.57. The number of amides is 1. The number of rotatable bonds is 8. The predicted molar refractivity (Wildman–Crippen MR) is 87.9 cm³/mol. The fourth-order valence-corrected chi connectivity index (χ4v) is 2.06. The molecule has 0 bridgehead atoms. The number of carbonyl (C=O) groups is 2. The molecule has 5 nitrogen and oxygen atoms in total. The van der Waals surface area contributed by atoms with Gasteiger partial charge in [-0.05, 0) is 25.1 Å². The van der Waals surface area contributed by atoms with Crippen molar-refractivity contribution in [2.24, 2.45) is 0 Å². The lowest BCUT2D eigenvalue weighted by molar-refractivity contribution is -0.342. The van der Waals surface area contributed by atoms with Crippen LogP contribution in [0.3, 0.4) is 0 Å². The predicted octanol–water partition coefficient (Wildman–Crippen LogP) is 4.30. The van der Waals surface area contributed by atoms with Crippen LogP contribution in [0.25, 0.3) is 0 Å². The van der Waals surface area contributed by atoms with Crippen molar-refractivity contribution in [1.29, 1.82) is 0 Å². The Hall–Kier alpha value is -2.21. The summed E-state index contributed by atoms with van der Waals surface area (Å²) in [6.07, 6.45) is -6.85. The number of nitrogens with one attached hydrogen (secondary N) is 2. The first-order chi connectivity index (χ1) is 13.1. The number of halogens is 9. The molecule has 0 saturated heterocycles. The Morgan fingerprint density at radius 2 is 1.66 bits per heavy atom. The first-order valence-electron chi connectivity index (χ1n) is 7.27. The molecule has 0 radical (unpaired) electrons. The topological polar surface area (TPSA) is 67.4 Å². The quantitative estimate of drug-likeness (QED) is 0.337. The van der Waals surface area contributed by atoms with E-state index in [-0.39, 0.29) is 16.8 Å². The summed E-state index contributed by atoms with van der Waals surface area (Å²) >= 11 is 11.5. The zero-order chi connectivity index (χ0) is 22.6. The smallest absolute Gasteiger partial charge is 0.460 e. The Bertz CT molecular complexity index is 814. The van der Waals surface area contributed by atoms with E-state index in [0.29, 0.717) is 5.02 Å². The Labute approximate surface area is 168 Å². The van der Waals surface area contributed by atoms with E-state index in [1.807, 2.05) is 10.9 Å². The first-order valence-corrected chi connectivity index (χ1v) is 8.03. The lowest BCUT2D eigenvalue weighted by atomic mass is 10.1. The maximum atomic E-state index is 13.2. The van der Waals surface area contributed by atoms with Crippen LogP contribution < -0.4 is 15.6 Å². The zero-order valence-electron chi connectivity index (χ0n) is 14.1. The molecule has 0 spiro atoms. The number of alkyl halides is 7. The molecule has 0 aliphatic rings. The second-order valence-corrected chi connectivity index (χ2v) is 6.22. The van der Waals surface area contributed by atoms with Gasteiger partial charge >= 0.3 is 18.0 Å². The molecule has 0 atom stereocenters. The van der Waals surface area contributed by atoms with Gasteiger partial charge in [-0.2, -0.15) is 30.7 Å². The molecule has 1 amide bonds. The summed E-state index contributed by atoms with van der Waals surface area (Å²) in [4.78, 5) is 22.8. The van der Waals surface area contributed by atoms with E-state index in [1.165, 1.54) is 18.2 Å². The summed E-state index contributed by atoms with van der Waals surface area (Å²) in [5.74, 6) is -16.3. The second kappa shape index (κ2) is 9.08. The lowest BCUT2D eigenvalue weighted by Gasteiger charge is -2.26. The highest BCUT2D eigenvalue weighted by Gasteiger charge is 2.75. The van der Waals surface area contributed by atoms with Crippen LogP contribution in [0.1, 0.15) is 6.92 Å². The van der Waals surface area contributed by atoms with Crippen molar-refractivity contribution < 1.29 is 45.1 Å². The Morgan fingerprint density at radius 1 is 1.07 bits per heavy atom. The number of benzene rings is 1. The van der Waals surface area contributed by atoms with Gasteiger partial charge < -0.3 is 10.2 Å². The maximum Gasteiger partial charge on any atom is 0.460 e. The van der Waals surface area contributed by atoms with Gasteiger partial charge in [-0.25, -0.2) is 0 Å². The van der Waals surface area contributed by atoms with Crippen molar-refractivity contribution >= 4 is 34.9 Å². The summed E-state index contributed by atoms with van der Waals surface area (Å²) in [5, 5.41) is 0.375. The SMILES string of the molecule is C/C(=C\C(=O)C(F)(F)C(F)(F)C(F)(F)F)NNC(=O)COc1ccc(Cl)cc1Cl. The maximum absolute atomic E-state index is 13.2.